The van der Waals surface area contributed by atoms with E-state index in [1.54, 1.807) is 0 Å². The van der Waals surface area contributed by atoms with Crippen LogP contribution < -0.4 is 10.6 Å². The van der Waals surface area contributed by atoms with Gasteiger partial charge in [0.05, 0.1) is 18.2 Å². The number of carbonyl (C=O) groups is 1. The summed E-state index contributed by atoms with van der Waals surface area (Å²) in [6.07, 6.45) is 10.7. The molecular formula is C26H44N6O3. The second-order valence-electron chi connectivity index (χ2n) is 12.9. The first-order chi connectivity index (χ1) is 16.6. The Morgan fingerprint density at radius 2 is 1.86 bits per heavy atom. The van der Waals surface area contributed by atoms with E-state index in [1.807, 2.05) is 25.5 Å². The molecule has 3 saturated carbocycles. The van der Waals surface area contributed by atoms with Crippen LogP contribution >= 0.6 is 0 Å². The largest absolute Gasteiger partial charge is 0.444 e. The Bertz CT molecular complexity index is 896. The van der Waals surface area contributed by atoms with Crippen LogP contribution in [0.2, 0.25) is 0 Å². The number of fused-ring (bicyclic) bond motifs is 1. The molecule has 2 heterocycles. The minimum atomic E-state index is -0.523. The summed E-state index contributed by atoms with van der Waals surface area (Å²) in [6, 6.07) is 0.556. The van der Waals surface area contributed by atoms with Crippen molar-refractivity contribution in [3.8, 4) is 0 Å². The fourth-order valence-electron chi connectivity index (χ4n) is 7.28. The van der Waals surface area contributed by atoms with Crippen molar-refractivity contribution in [2.24, 2.45) is 16.7 Å². The molecule has 0 aromatic carbocycles. The number of carbonyl (C=O) groups excluding carboxylic acids is 1. The first-order valence-corrected chi connectivity index (χ1v) is 13.7. The van der Waals surface area contributed by atoms with Crippen LogP contribution in [-0.2, 0) is 21.6 Å². The van der Waals surface area contributed by atoms with Crippen LogP contribution in [0.1, 0.15) is 98.2 Å². The van der Waals surface area contributed by atoms with Gasteiger partial charge in [-0.25, -0.2) is 9.48 Å². The van der Waals surface area contributed by atoms with Gasteiger partial charge in [0.1, 0.15) is 5.60 Å². The number of amides is 1. The van der Waals surface area contributed by atoms with Crippen LogP contribution in [0.3, 0.4) is 0 Å². The zero-order valence-electron chi connectivity index (χ0n) is 22.2. The lowest BCUT2D eigenvalue weighted by Gasteiger charge is -2.42. The highest BCUT2D eigenvalue weighted by Gasteiger charge is 2.80. The van der Waals surface area contributed by atoms with E-state index in [0.29, 0.717) is 42.5 Å². The lowest BCUT2D eigenvalue weighted by Crippen LogP contribution is -2.54. The Kier molecular flexibility index (Phi) is 6.39. The summed E-state index contributed by atoms with van der Waals surface area (Å²) in [6.45, 7) is 11.7. The molecule has 1 aromatic heterocycles. The maximum absolute atomic E-state index is 12.1. The molecule has 2 spiro atoms. The highest BCUT2D eigenvalue weighted by Crippen LogP contribution is 2.81. The van der Waals surface area contributed by atoms with E-state index in [-0.39, 0.29) is 11.6 Å². The van der Waals surface area contributed by atoms with Crippen LogP contribution in [0, 0.1) is 16.7 Å². The molecule has 1 amide bonds. The van der Waals surface area contributed by atoms with E-state index >= 15 is 0 Å². The molecule has 2 atom stereocenters. The van der Waals surface area contributed by atoms with Gasteiger partial charge in [-0.05, 0) is 92.9 Å². The SMILES string of the molecule is CC(C)CC1CC(NC2C3(CCC3)C23CCC3)(c2nnnn2CCNC(=O)OC(C)(C)C)CCO1. The maximum atomic E-state index is 12.1. The predicted molar refractivity (Wildman–Crippen MR) is 132 cm³/mol. The number of tetrazole rings is 1. The molecule has 0 bridgehead atoms. The van der Waals surface area contributed by atoms with Gasteiger partial charge in [-0.2, -0.15) is 0 Å². The van der Waals surface area contributed by atoms with Crippen LogP contribution in [0.4, 0.5) is 4.79 Å². The monoisotopic (exact) mass is 488 g/mol. The molecule has 3 aliphatic carbocycles. The van der Waals surface area contributed by atoms with E-state index in [9.17, 15) is 4.79 Å². The first-order valence-electron chi connectivity index (χ1n) is 13.7. The van der Waals surface area contributed by atoms with Crippen molar-refractivity contribution in [3.63, 3.8) is 0 Å². The first kappa shape index (κ1) is 24.9. The fraction of sp³-hybridized carbons (Fsp3) is 0.923. The van der Waals surface area contributed by atoms with E-state index in [1.165, 1.54) is 38.5 Å². The maximum Gasteiger partial charge on any atom is 0.407 e. The molecular weight excluding hydrogens is 444 g/mol. The van der Waals surface area contributed by atoms with Gasteiger partial charge in [-0.1, -0.05) is 26.7 Å². The van der Waals surface area contributed by atoms with E-state index in [2.05, 4.69) is 40.0 Å². The van der Waals surface area contributed by atoms with Crippen LogP contribution in [0.25, 0.3) is 0 Å². The zero-order chi connectivity index (χ0) is 24.9. The summed E-state index contributed by atoms with van der Waals surface area (Å²) in [7, 11) is 0. The Morgan fingerprint density at radius 1 is 1.17 bits per heavy atom. The summed E-state index contributed by atoms with van der Waals surface area (Å²) in [5.74, 6) is 1.46. The molecule has 5 rings (SSSR count). The molecule has 2 unspecified atom stereocenters. The molecule has 1 aromatic rings. The summed E-state index contributed by atoms with van der Waals surface area (Å²) in [5, 5.41) is 20.1. The quantitative estimate of drug-likeness (QED) is 0.571. The van der Waals surface area contributed by atoms with E-state index in [4.69, 9.17) is 9.47 Å². The van der Waals surface area contributed by atoms with Gasteiger partial charge in [0.15, 0.2) is 5.82 Å². The third-order valence-corrected chi connectivity index (χ3v) is 9.07. The van der Waals surface area contributed by atoms with Crippen molar-refractivity contribution in [1.82, 2.24) is 30.8 Å². The minimum Gasteiger partial charge on any atom is -0.444 e. The molecule has 2 N–H and O–H groups in total. The number of rotatable bonds is 8. The normalized spacial score (nSPS) is 29.1. The number of nitrogens with one attached hydrogen (secondary N) is 2. The van der Waals surface area contributed by atoms with Gasteiger partial charge in [-0.3, -0.25) is 0 Å². The third-order valence-electron chi connectivity index (χ3n) is 9.07. The van der Waals surface area contributed by atoms with Crippen LogP contribution in [0.15, 0.2) is 0 Å². The van der Waals surface area contributed by atoms with Crippen molar-refractivity contribution in [2.75, 3.05) is 13.2 Å². The Balaban J connectivity index is 1.34. The highest BCUT2D eigenvalue weighted by molar-refractivity contribution is 5.67. The van der Waals surface area contributed by atoms with Gasteiger partial charge >= 0.3 is 6.09 Å². The summed E-state index contributed by atoms with van der Waals surface area (Å²) in [4.78, 5) is 12.1. The number of aromatic nitrogens is 4. The lowest BCUT2D eigenvalue weighted by molar-refractivity contribution is -0.0463. The summed E-state index contributed by atoms with van der Waals surface area (Å²) in [5.41, 5.74) is 0.172. The van der Waals surface area contributed by atoms with Crippen LogP contribution in [-0.4, -0.2) is 57.2 Å². The third kappa shape index (κ3) is 4.47. The number of alkyl carbamates (subject to hydrolysis) is 1. The molecule has 4 fully saturated rings. The number of hydrogen-bond donors (Lipinski definition) is 2. The molecule has 1 aliphatic heterocycles. The Labute approximate surface area is 209 Å². The van der Waals surface area contributed by atoms with Crippen molar-refractivity contribution in [1.29, 1.82) is 0 Å². The predicted octanol–water partition coefficient (Wildman–Crippen LogP) is 3.93. The topological polar surface area (TPSA) is 103 Å². The molecule has 0 radical (unpaired) electrons. The van der Waals surface area contributed by atoms with Gasteiger partial charge < -0.3 is 20.1 Å². The van der Waals surface area contributed by atoms with Gasteiger partial charge in [0.2, 0.25) is 0 Å². The number of hydrogen-bond acceptors (Lipinski definition) is 7. The molecule has 9 heteroatoms. The Morgan fingerprint density at radius 3 is 2.43 bits per heavy atom. The van der Waals surface area contributed by atoms with Gasteiger partial charge in [0, 0.05) is 19.2 Å². The van der Waals surface area contributed by atoms with E-state index < -0.39 is 11.7 Å². The highest BCUT2D eigenvalue weighted by atomic mass is 16.6. The Hall–Kier alpha value is -1.74. The smallest absolute Gasteiger partial charge is 0.407 e. The number of ether oxygens (including phenoxy) is 2. The second-order valence-corrected chi connectivity index (χ2v) is 12.9. The molecule has 9 nitrogen and oxygen atoms in total. The molecule has 196 valence electrons. The van der Waals surface area contributed by atoms with Gasteiger partial charge in [-0.15, -0.1) is 5.10 Å². The number of nitrogens with zero attached hydrogens (tertiary/aromatic N) is 4. The lowest BCUT2D eigenvalue weighted by atomic mass is 9.67. The van der Waals surface area contributed by atoms with Crippen molar-refractivity contribution in [3.05, 3.63) is 5.82 Å². The summed E-state index contributed by atoms with van der Waals surface area (Å²) >= 11 is 0. The minimum absolute atomic E-state index is 0.190. The van der Waals surface area contributed by atoms with Gasteiger partial charge in [0.25, 0.3) is 0 Å². The molecule has 35 heavy (non-hydrogen) atoms. The standard InChI is InChI=1S/C26H44N6O3/c1-18(2)16-19-17-26(12-15-34-19,28-20-24(8-6-9-24)25(20)10-7-11-25)21-29-30-31-32(21)14-13-27-22(33)35-23(3,4)5/h18-20,28H,6-17H2,1-5H3,(H,27,33). The average Bonchev–Trinajstić information content (AvgIpc) is 3.04. The van der Waals surface area contributed by atoms with Crippen LogP contribution in [0.5, 0.6) is 0 Å². The fourth-order valence-corrected chi connectivity index (χ4v) is 7.28. The average molecular weight is 489 g/mol. The van der Waals surface area contributed by atoms with Crippen molar-refractivity contribution < 1.29 is 14.3 Å². The summed E-state index contributed by atoms with van der Waals surface area (Å²) < 4.78 is 13.5. The van der Waals surface area contributed by atoms with E-state index in [0.717, 1.165) is 25.1 Å². The zero-order valence-corrected chi connectivity index (χ0v) is 22.2. The molecule has 4 aliphatic rings. The second kappa shape index (κ2) is 8.98. The molecule has 1 saturated heterocycles. The van der Waals surface area contributed by atoms with Crippen molar-refractivity contribution >= 4 is 6.09 Å². The van der Waals surface area contributed by atoms with Crippen molar-refractivity contribution in [2.45, 2.75) is 122 Å².